The third kappa shape index (κ3) is 3.90. The van der Waals surface area contributed by atoms with Gasteiger partial charge in [0.05, 0.1) is 0 Å². The molecule has 0 aliphatic carbocycles. The largest absolute Gasteiger partial charge is 0.366 e. The molecule has 2 rings (SSSR count). The molecule has 0 saturated heterocycles. The molecule has 0 spiro atoms. The van der Waals surface area contributed by atoms with Crippen molar-refractivity contribution in [3.8, 4) is 0 Å². The van der Waals surface area contributed by atoms with E-state index in [1.54, 1.807) is 24.3 Å². The van der Waals surface area contributed by atoms with Crippen LogP contribution in [-0.4, -0.2) is 11.8 Å². The Bertz CT molecular complexity index is 624. The first-order chi connectivity index (χ1) is 10.1. The maximum atomic E-state index is 12.0. The molecule has 2 aromatic carbocycles. The predicted molar refractivity (Wildman–Crippen MR) is 80.2 cm³/mol. The number of benzene rings is 2. The van der Waals surface area contributed by atoms with Gasteiger partial charge in [0.15, 0.2) is 0 Å². The number of primary amides is 1. The number of hydrogen-bond acceptors (Lipinski definition) is 3. The van der Waals surface area contributed by atoms with Crippen molar-refractivity contribution in [1.29, 1.82) is 0 Å². The van der Waals surface area contributed by atoms with Crippen LogP contribution in [0, 0.1) is 0 Å². The van der Waals surface area contributed by atoms with E-state index in [0.29, 0.717) is 12.1 Å². The summed E-state index contributed by atoms with van der Waals surface area (Å²) in [6.07, 6.45) is 0. The van der Waals surface area contributed by atoms with Crippen LogP contribution >= 0.6 is 0 Å². The molecule has 0 aliphatic rings. The molecule has 21 heavy (non-hydrogen) atoms. The first-order valence-electron chi connectivity index (χ1n) is 6.55. The molecule has 5 heteroatoms. The number of carbonyl (C=O) groups excluding carboxylic acids is 2. The van der Waals surface area contributed by atoms with Crippen molar-refractivity contribution in [2.45, 2.75) is 12.6 Å². The summed E-state index contributed by atoms with van der Waals surface area (Å²) < 4.78 is 0. The van der Waals surface area contributed by atoms with Gasteiger partial charge >= 0.3 is 0 Å². The SMILES string of the molecule is NC(=O)c1ccc(CNC(=O)C(N)c2ccccc2)cc1. The number of carbonyl (C=O) groups is 2. The Morgan fingerprint density at radius 2 is 1.62 bits per heavy atom. The summed E-state index contributed by atoms with van der Waals surface area (Å²) in [5.74, 6) is -0.725. The lowest BCUT2D eigenvalue weighted by molar-refractivity contribution is -0.122. The van der Waals surface area contributed by atoms with Crippen molar-refractivity contribution in [1.82, 2.24) is 5.32 Å². The van der Waals surface area contributed by atoms with Crippen LogP contribution in [0.3, 0.4) is 0 Å². The van der Waals surface area contributed by atoms with Crippen molar-refractivity contribution in [3.63, 3.8) is 0 Å². The monoisotopic (exact) mass is 283 g/mol. The fraction of sp³-hybridized carbons (Fsp3) is 0.125. The van der Waals surface area contributed by atoms with Crippen molar-refractivity contribution in [3.05, 3.63) is 71.3 Å². The molecule has 1 unspecified atom stereocenters. The zero-order valence-corrected chi connectivity index (χ0v) is 11.5. The standard InChI is InChI=1S/C16H17N3O2/c17-14(12-4-2-1-3-5-12)16(21)19-10-11-6-8-13(9-7-11)15(18)20/h1-9,14H,10,17H2,(H2,18,20)(H,19,21). The van der Waals surface area contributed by atoms with Crippen LogP contribution in [0.25, 0.3) is 0 Å². The number of hydrogen-bond donors (Lipinski definition) is 3. The fourth-order valence-corrected chi connectivity index (χ4v) is 1.90. The second-order valence-corrected chi connectivity index (χ2v) is 4.67. The van der Waals surface area contributed by atoms with Gasteiger partial charge in [0.2, 0.25) is 11.8 Å². The fourth-order valence-electron chi connectivity index (χ4n) is 1.90. The lowest BCUT2D eigenvalue weighted by atomic mass is 10.1. The Labute approximate surface area is 123 Å². The van der Waals surface area contributed by atoms with E-state index in [1.165, 1.54) is 0 Å². The molecule has 1 atom stereocenters. The summed E-state index contributed by atoms with van der Waals surface area (Å²) in [6, 6.07) is 15.2. The summed E-state index contributed by atoms with van der Waals surface area (Å²) in [6.45, 7) is 0.346. The van der Waals surface area contributed by atoms with Crippen LogP contribution < -0.4 is 16.8 Å². The normalized spacial score (nSPS) is 11.7. The van der Waals surface area contributed by atoms with Gasteiger partial charge < -0.3 is 16.8 Å². The van der Waals surface area contributed by atoms with Gasteiger partial charge in [0.1, 0.15) is 6.04 Å². The van der Waals surface area contributed by atoms with Crippen LogP contribution in [0.15, 0.2) is 54.6 Å². The molecular weight excluding hydrogens is 266 g/mol. The van der Waals surface area contributed by atoms with Gasteiger partial charge in [0, 0.05) is 12.1 Å². The van der Waals surface area contributed by atoms with E-state index in [2.05, 4.69) is 5.32 Å². The molecule has 2 aromatic rings. The highest BCUT2D eigenvalue weighted by molar-refractivity contribution is 5.92. The average Bonchev–Trinajstić information content (AvgIpc) is 2.53. The Hall–Kier alpha value is -2.66. The summed E-state index contributed by atoms with van der Waals surface area (Å²) in [5, 5.41) is 2.77. The van der Waals surface area contributed by atoms with E-state index in [-0.39, 0.29) is 5.91 Å². The van der Waals surface area contributed by atoms with E-state index in [1.807, 2.05) is 30.3 Å². The van der Waals surface area contributed by atoms with E-state index < -0.39 is 11.9 Å². The summed E-state index contributed by atoms with van der Waals surface area (Å²) in [4.78, 5) is 22.9. The molecule has 0 saturated carbocycles. The lowest BCUT2D eigenvalue weighted by Gasteiger charge is -2.12. The molecule has 0 fully saturated rings. The minimum Gasteiger partial charge on any atom is -0.366 e. The van der Waals surface area contributed by atoms with Gasteiger partial charge in [-0.05, 0) is 23.3 Å². The molecule has 5 nitrogen and oxygen atoms in total. The zero-order valence-electron chi connectivity index (χ0n) is 11.5. The van der Waals surface area contributed by atoms with Crippen LogP contribution in [0.5, 0.6) is 0 Å². The van der Waals surface area contributed by atoms with Gasteiger partial charge in [-0.1, -0.05) is 42.5 Å². The van der Waals surface area contributed by atoms with Gasteiger partial charge in [0.25, 0.3) is 0 Å². The van der Waals surface area contributed by atoms with Gasteiger partial charge in [-0.15, -0.1) is 0 Å². The average molecular weight is 283 g/mol. The van der Waals surface area contributed by atoms with Crippen molar-refractivity contribution >= 4 is 11.8 Å². The molecule has 0 bridgehead atoms. The maximum absolute atomic E-state index is 12.0. The maximum Gasteiger partial charge on any atom is 0.248 e. The number of amides is 2. The van der Waals surface area contributed by atoms with E-state index in [4.69, 9.17) is 11.5 Å². The van der Waals surface area contributed by atoms with Crippen LogP contribution in [0.2, 0.25) is 0 Å². The molecule has 5 N–H and O–H groups in total. The number of rotatable bonds is 5. The first kappa shape index (κ1) is 14.7. The summed E-state index contributed by atoms with van der Waals surface area (Å²) in [5.41, 5.74) is 13.1. The minimum atomic E-state index is -0.698. The zero-order chi connectivity index (χ0) is 15.2. The highest BCUT2D eigenvalue weighted by atomic mass is 16.2. The molecule has 2 amide bonds. The lowest BCUT2D eigenvalue weighted by Crippen LogP contribution is -2.33. The molecule has 0 radical (unpaired) electrons. The smallest absolute Gasteiger partial charge is 0.248 e. The van der Waals surface area contributed by atoms with Gasteiger partial charge in [-0.2, -0.15) is 0 Å². The molecule has 0 aliphatic heterocycles. The molecule has 0 aromatic heterocycles. The topological polar surface area (TPSA) is 98.2 Å². The van der Waals surface area contributed by atoms with Crippen LogP contribution in [0.1, 0.15) is 27.5 Å². The Balaban J connectivity index is 1.93. The minimum absolute atomic E-state index is 0.250. The van der Waals surface area contributed by atoms with Crippen LogP contribution in [0.4, 0.5) is 0 Å². The van der Waals surface area contributed by atoms with Crippen LogP contribution in [-0.2, 0) is 11.3 Å². The second-order valence-electron chi connectivity index (χ2n) is 4.67. The van der Waals surface area contributed by atoms with Gasteiger partial charge in [-0.25, -0.2) is 0 Å². The molecule has 108 valence electrons. The molecule has 0 heterocycles. The molecular formula is C16H17N3O2. The quantitative estimate of drug-likeness (QED) is 0.766. The third-order valence-corrected chi connectivity index (χ3v) is 3.15. The number of nitrogens with two attached hydrogens (primary N) is 2. The van der Waals surface area contributed by atoms with Crippen molar-refractivity contribution < 1.29 is 9.59 Å². The third-order valence-electron chi connectivity index (χ3n) is 3.15. The predicted octanol–water partition coefficient (Wildman–Crippen LogP) is 1.10. The Morgan fingerprint density at radius 1 is 1.00 bits per heavy atom. The highest BCUT2D eigenvalue weighted by Gasteiger charge is 2.14. The van der Waals surface area contributed by atoms with E-state index in [9.17, 15) is 9.59 Å². The second kappa shape index (κ2) is 6.67. The highest BCUT2D eigenvalue weighted by Crippen LogP contribution is 2.10. The van der Waals surface area contributed by atoms with Crippen molar-refractivity contribution in [2.24, 2.45) is 11.5 Å². The summed E-state index contributed by atoms with van der Waals surface area (Å²) in [7, 11) is 0. The Morgan fingerprint density at radius 3 is 2.19 bits per heavy atom. The van der Waals surface area contributed by atoms with Crippen molar-refractivity contribution in [2.75, 3.05) is 0 Å². The van der Waals surface area contributed by atoms with E-state index >= 15 is 0 Å². The van der Waals surface area contributed by atoms with Gasteiger partial charge in [-0.3, -0.25) is 9.59 Å². The number of nitrogens with one attached hydrogen (secondary N) is 1. The summed E-state index contributed by atoms with van der Waals surface area (Å²) >= 11 is 0. The first-order valence-corrected chi connectivity index (χ1v) is 6.55. The Kier molecular flexibility index (Phi) is 4.68. The van der Waals surface area contributed by atoms with E-state index in [0.717, 1.165) is 11.1 Å².